The summed E-state index contributed by atoms with van der Waals surface area (Å²) in [5.74, 6) is -0.743. The van der Waals surface area contributed by atoms with Gasteiger partial charge in [-0.05, 0) is 24.3 Å². The van der Waals surface area contributed by atoms with Crippen LogP contribution in [0.4, 0.5) is 5.13 Å². The number of pyridine rings is 2. The van der Waals surface area contributed by atoms with Gasteiger partial charge in [0.1, 0.15) is 15.9 Å². The molecule has 0 atom stereocenters. The van der Waals surface area contributed by atoms with E-state index in [0.717, 1.165) is 15.5 Å². The van der Waals surface area contributed by atoms with E-state index >= 15 is 0 Å². The number of aromatic amines is 1. The van der Waals surface area contributed by atoms with Crippen LogP contribution in [0.3, 0.4) is 0 Å². The van der Waals surface area contributed by atoms with Crippen molar-refractivity contribution in [1.29, 1.82) is 0 Å². The van der Waals surface area contributed by atoms with Crippen LogP contribution in [0.15, 0.2) is 53.6 Å². The molecule has 3 aromatic heterocycles. The summed E-state index contributed by atoms with van der Waals surface area (Å²) >= 11 is 1.54. The van der Waals surface area contributed by atoms with Crippen LogP contribution in [0, 0.1) is 0 Å². The van der Waals surface area contributed by atoms with Gasteiger partial charge in [-0.25, -0.2) is 9.97 Å². The summed E-state index contributed by atoms with van der Waals surface area (Å²) in [6, 6.07) is 10.8. The van der Waals surface area contributed by atoms with Crippen molar-refractivity contribution < 1.29 is 9.59 Å². The van der Waals surface area contributed by atoms with Gasteiger partial charge in [0.2, 0.25) is 11.3 Å². The van der Waals surface area contributed by atoms with E-state index in [1.165, 1.54) is 17.5 Å². The third-order valence-corrected chi connectivity index (χ3v) is 6.53. The van der Waals surface area contributed by atoms with E-state index in [1.54, 1.807) is 29.3 Å². The van der Waals surface area contributed by atoms with Gasteiger partial charge >= 0.3 is 0 Å². The van der Waals surface area contributed by atoms with Crippen LogP contribution in [-0.4, -0.2) is 64.4 Å². The number of nitrogens with one attached hydrogen (secondary N) is 2. The summed E-state index contributed by atoms with van der Waals surface area (Å²) in [5, 5.41) is 3.92. The largest absolute Gasteiger partial charge is 0.360 e. The molecule has 32 heavy (non-hydrogen) atoms. The van der Waals surface area contributed by atoms with Gasteiger partial charge < -0.3 is 20.1 Å². The fourth-order valence-electron chi connectivity index (χ4n) is 3.74. The third-order valence-electron chi connectivity index (χ3n) is 5.49. The molecule has 1 fully saturated rings. The maximum absolute atomic E-state index is 12.6. The summed E-state index contributed by atoms with van der Waals surface area (Å²) < 4.78 is 0. The second-order valence-electron chi connectivity index (χ2n) is 7.45. The minimum atomic E-state index is -0.564. The summed E-state index contributed by atoms with van der Waals surface area (Å²) in [6.07, 6.45) is 3.14. The zero-order valence-corrected chi connectivity index (χ0v) is 17.9. The first-order chi connectivity index (χ1) is 15.6. The van der Waals surface area contributed by atoms with Crippen molar-refractivity contribution in [2.75, 3.05) is 37.6 Å². The second-order valence-corrected chi connectivity index (χ2v) is 8.41. The lowest BCUT2D eigenvalue weighted by atomic mass is 10.1. The number of piperazine rings is 1. The normalized spacial score (nSPS) is 14.1. The highest BCUT2D eigenvalue weighted by atomic mass is 32.1. The molecule has 4 heterocycles. The molecule has 1 aliphatic heterocycles. The number of carbonyl (C=O) groups excluding carboxylic acids is 2. The molecule has 0 spiro atoms. The lowest BCUT2D eigenvalue weighted by Crippen LogP contribution is -2.51. The van der Waals surface area contributed by atoms with Crippen molar-refractivity contribution in [2.45, 2.75) is 0 Å². The maximum atomic E-state index is 12.6. The van der Waals surface area contributed by atoms with E-state index in [0.29, 0.717) is 37.1 Å². The van der Waals surface area contributed by atoms with Crippen LogP contribution < -0.4 is 15.6 Å². The number of thiazole rings is 1. The van der Waals surface area contributed by atoms with Crippen LogP contribution in [0.25, 0.3) is 21.3 Å². The van der Waals surface area contributed by atoms with Gasteiger partial charge in [0.25, 0.3) is 5.91 Å². The second kappa shape index (κ2) is 8.39. The minimum absolute atomic E-state index is 0.00855. The molecule has 4 aromatic rings. The van der Waals surface area contributed by atoms with E-state index in [2.05, 4.69) is 25.2 Å². The van der Waals surface area contributed by atoms with Crippen LogP contribution in [0.5, 0.6) is 0 Å². The number of fused-ring (bicyclic) bond motifs is 2. The molecule has 0 unspecified atom stereocenters. The quantitative estimate of drug-likeness (QED) is 0.491. The van der Waals surface area contributed by atoms with Gasteiger partial charge in [-0.1, -0.05) is 23.5 Å². The number of amides is 2. The number of rotatable bonds is 4. The third kappa shape index (κ3) is 3.80. The lowest BCUT2D eigenvalue weighted by molar-refractivity contribution is -0.130. The molecule has 162 valence electrons. The average molecular weight is 449 g/mol. The number of benzene rings is 1. The topological polar surface area (TPSA) is 111 Å². The highest BCUT2D eigenvalue weighted by Gasteiger charge is 2.24. The SMILES string of the molecule is O=C(NCC(=O)N1CCN(c2nc3cccnc3s2)CC1)c1c[nH]c2ccccc2c1=O. The Morgan fingerprint density at radius 1 is 1.09 bits per heavy atom. The maximum Gasteiger partial charge on any atom is 0.257 e. The smallest absolute Gasteiger partial charge is 0.257 e. The number of hydrogen-bond acceptors (Lipinski definition) is 7. The first kappa shape index (κ1) is 20.1. The fraction of sp³-hybridized carbons (Fsp3) is 0.227. The monoisotopic (exact) mass is 448 g/mol. The molecule has 2 N–H and O–H groups in total. The zero-order valence-electron chi connectivity index (χ0n) is 17.1. The van der Waals surface area contributed by atoms with Crippen molar-refractivity contribution in [3.05, 3.63) is 64.6 Å². The molecule has 0 radical (unpaired) electrons. The Kier molecular flexibility index (Phi) is 5.28. The molecular weight excluding hydrogens is 428 g/mol. The van der Waals surface area contributed by atoms with Crippen molar-refractivity contribution in [1.82, 2.24) is 25.2 Å². The molecule has 1 aliphatic rings. The standard InChI is InChI=1S/C22H20N6O3S/c29-18(13-25-20(31)15-12-24-16-5-2-1-4-14(16)19(15)30)27-8-10-28(11-9-27)22-26-17-6-3-7-23-21(17)32-22/h1-7,12H,8-11,13H2,(H,24,30)(H,25,31). The van der Waals surface area contributed by atoms with Crippen molar-refractivity contribution >= 4 is 49.5 Å². The van der Waals surface area contributed by atoms with E-state index in [9.17, 15) is 14.4 Å². The van der Waals surface area contributed by atoms with Crippen molar-refractivity contribution in [2.24, 2.45) is 0 Å². The van der Waals surface area contributed by atoms with E-state index in [1.807, 2.05) is 18.2 Å². The van der Waals surface area contributed by atoms with Gasteiger partial charge in [-0.2, -0.15) is 0 Å². The van der Waals surface area contributed by atoms with Crippen LogP contribution in [-0.2, 0) is 4.79 Å². The van der Waals surface area contributed by atoms with E-state index in [-0.39, 0.29) is 23.4 Å². The van der Waals surface area contributed by atoms with Crippen molar-refractivity contribution in [3.63, 3.8) is 0 Å². The molecule has 9 nitrogen and oxygen atoms in total. The predicted octanol–water partition coefficient (Wildman–Crippen LogP) is 1.61. The molecule has 0 bridgehead atoms. The summed E-state index contributed by atoms with van der Waals surface area (Å²) in [5.41, 5.74) is 1.17. The predicted molar refractivity (Wildman–Crippen MR) is 123 cm³/mol. The number of H-pyrrole nitrogens is 1. The van der Waals surface area contributed by atoms with Gasteiger partial charge in [0, 0.05) is 49.5 Å². The molecule has 0 saturated carbocycles. The highest BCUT2D eigenvalue weighted by molar-refractivity contribution is 7.21. The number of aromatic nitrogens is 3. The van der Waals surface area contributed by atoms with Gasteiger partial charge in [-0.15, -0.1) is 0 Å². The van der Waals surface area contributed by atoms with Gasteiger partial charge in [0.15, 0.2) is 5.13 Å². The summed E-state index contributed by atoms with van der Waals surface area (Å²) in [6.45, 7) is 2.23. The molecule has 1 saturated heterocycles. The number of nitrogens with zero attached hydrogens (tertiary/aromatic N) is 4. The molecule has 5 rings (SSSR count). The molecule has 1 aromatic carbocycles. The Bertz CT molecular complexity index is 1340. The first-order valence-corrected chi connectivity index (χ1v) is 11.0. The summed E-state index contributed by atoms with van der Waals surface area (Å²) in [4.78, 5) is 54.3. The van der Waals surface area contributed by atoms with E-state index < -0.39 is 5.91 Å². The fourth-order valence-corrected chi connectivity index (χ4v) is 4.70. The van der Waals surface area contributed by atoms with Crippen LogP contribution in [0.2, 0.25) is 0 Å². The molecule has 10 heteroatoms. The average Bonchev–Trinajstić information content (AvgIpc) is 3.27. The van der Waals surface area contributed by atoms with Crippen LogP contribution >= 0.6 is 11.3 Å². The Morgan fingerprint density at radius 3 is 2.72 bits per heavy atom. The minimum Gasteiger partial charge on any atom is -0.360 e. The number of para-hydroxylation sites is 1. The van der Waals surface area contributed by atoms with Gasteiger partial charge in [-0.3, -0.25) is 14.4 Å². The Balaban J connectivity index is 1.18. The Hall–Kier alpha value is -3.79. The highest BCUT2D eigenvalue weighted by Crippen LogP contribution is 2.27. The number of carbonyl (C=O) groups is 2. The first-order valence-electron chi connectivity index (χ1n) is 10.2. The van der Waals surface area contributed by atoms with Crippen LogP contribution in [0.1, 0.15) is 10.4 Å². The lowest BCUT2D eigenvalue weighted by Gasteiger charge is -2.34. The Morgan fingerprint density at radius 2 is 1.91 bits per heavy atom. The number of hydrogen-bond donors (Lipinski definition) is 2. The Labute approximate surface area is 186 Å². The van der Waals surface area contributed by atoms with Gasteiger partial charge in [0.05, 0.1) is 6.54 Å². The summed E-state index contributed by atoms with van der Waals surface area (Å²) in [7, 11) is 0. The molecule has 2 amide bonds. The van der Waals surface area contributed by atoms with E-state index in [4.69, 9.17) is 0 Å². The zero-order chi connectivity index (χ0) is 22.1. The van der Waals surface area contributed by atoms with Crippen molar-refractivity contribution in [3.8, 4) is 0 Å². The molecule has 0 aliphatic carbocycles. The molecular formula is C22H20N6O3S. The number of anilines is 1.